The molecule has 3 heteroatoms. The van der Waals surface area contributed by atoms with Crippen molar-refractivity contribution >= 4 is 17.7 Å². The van der Waals surface area contributed by atoms with E-state index in [9.17, 15) is 0 Å². The van der Waals surface area contributed by atoms with Crippen LogP contribution in [0.5, 0.6) is 0 Å². The van der Waals surface area contributed by atoms with Crippen molar-refractivity contribution < 1.29 is 0 Å². The van der Waals surface area contributed by atoms with Crippen LogP contribution < -0.4 is 0 Å². The summed E-state index contributed by atoms with van der Waals surface area (Å²) in [5.74, 6) is 0. The van der Waals surface area contributed by atoms with E-state index in [2.05, 4.69) is 16.0 Å². The van der Waals surface area contributed by atoms with E-state index in [0.717, 1.165) is 5.69 Å². The smallest absolute Gasteiger partial charge is 0.154 e. The zero-order valence-corrected chi connectivity index (χ0v) is 8.80. The van der Waals surface area contributed by atoms with Crippen molar-refractivity contribution in [2.75, 3.05) is 0 Å². The van der Waals surface area contributed by atoms with E-state index in [0.29, 0.717) is 5.15 Å². The molecule has 0 atom stereocenters. The van der Waals surface area contributed by atoms with Crippen LogP contribution in [-0.2, 0) is 0 Å². The highest BCUT2D eigenvalue weighted by Gasteiger charge is 2.06. The number of halogens is 1. The summed E-state index contributed by atoms with van der Waals surface area (Å²) in [7, 11) is 0. The van der Waals surface area contributed by atoms with E-state index >= 15 is 0 Å². The molecule has 1 aromatic rings. The third-order valence-electron chi connectivity index (χ3n) is 2.52. The van der Waals surface area contributed by atoms with Crippen LogP contribution in [0, 0.1) is 0 Å². The molecule has 0 unspecified atom stereocenters. The first-order valence-electron chi connectivity index (χ1n) is 5.02. The first-order valence-corrected chi connectivity index (χ1v) is 5.40. The molecule has 2 nitrogen and oxygen atoms in total. The average Bonchev–Trinajstić information content (AvgIpc) is 2.23. The molecule has 74 valence electrons. The molecule has 14 heavy (non-hydrogen) atoms. The minimum atomic E-state index is 0.505. The molecule has 1 fully saturated rings. The van der Waals surface area contributed by atoms with E-state index in [-0.39, 0.29) is 0 Å². The number of rotatable bonds is 1. The van der Waals surface area contributed by atoms with Crippen molar-refractivity contribution in [3.8, 4) is 0 Å². The Labute approximate surface area is 89.0 Å². The second-order valence-corrected chi connectivity index (χ2v) is 3.95. The Hall–Kier alpha value is -0.890. The molecule has 1 saturated carbocycles. The topological polar surface area (TPSA) is 25.8 Å². The van der Waals surface area contributed by atoms with Gasteiger partial charge in [0.05, 0.1) is 0 Å². The highest BCUT2D eigenvalue weighted by Crippen LogP contribution is 2.25. The maximum atomic E-state index is 5.93. The van der Waals surface area contributed by atoms with Crippen LogP contribution in [0.3, 0.4) is 0 Å². The molecule has 0 amide bonds. The van der Waals surface area contributed by atoms with Crippen LogP contribution in [0.2, 0.25) is 5.15 Å². The number of hydrogen-bond acceptors (Lipinski definition) is 2. The molecule has 0 bridgehead atoms. The Kier molecular flexibility index (Phi) is 3.14. The van der Waals surface area contributed by atoms with Crippen molar-refractivity contribution in [1.82, 2.24) is 9.97 Å². The number of nitrogens with zero attached hydrogens (tertiary/aromatic N) is 2. The predicted molar refractivity (Wildman–Crippen MR) is 58.1 cm³/mol. The van der Waals surface area contributed by atoms with Crippen LogP contribution in [-0.4, -0.2) is 9.97 Å². The van der Waals surface area contributed by atoms with Gasteiger partial charge >= 0.3 is 0 Å². The summed E-state index contributed by atoms with van der Waals surface area (Å²) in [5.41, 5.74) is 2.27. The van der Waals surface area contributed by atoms with Gasteiger partial charge in [-0.05, 0) is 31.8 Å². The summed E-state index contributed by atoms with van der Waals surface area (Å²) in [6, 6.07) is 0. The molecule has 0 N–H and O–H groups in total. The Morgan fingerprint density at radius 3 is 2.50 bits per heavy atom. The minimum Gasteiger partial charge on any atom is -0.252 e. The lowest BCUT2D eigenvalue weighted by atomic mass is 9.94. The predicted octanol–water partition coefficient (Wildman–Crippen LogP) is 3.48. The van der Waals surface area contributed by atoms with Crippen LogP contribution in [0.4, 0.5) is 0 Å². The van der Waals surface area contributed by atoms with Crippen LogP contribution in [0.25, 0.3) is 6.08 Å². The van der Waals surface area contributed by atoms with E-state index in [1.807, 2.05) is 0 Å². The maximum Gasteiger partial charge on any atom is 0.154 e. The fourth-order valence-electron chi connectivity index (χ4n) is 1.77. The highest BCUT2D eigenvalue weighted by molar-refractivity contribution is 6.30. The summed E-state index contributed by atoms with van der Waals surface area (Å²) in [6.45, 7) is 0. The summed E-state index contributed by atoms with van der Waals surface area (Å²) in [6.07, 6.45) is 11.7. The van der Waals surface area contributed by atoms with Gasteiger partial charge in [-0.1, -0.05) is 23.6 Å². The van der Waals surface area contributed by atoms with Crippen LogP contribution in [0.1, 0.15) is 37.8 Å². The molecule has 1 aliphatic carbocycles. The van der Waals surface area contributed by atoms with E-state index in [1.54, 1.807) is 12.4 Å². The fraction of sp³-hybridized carbons (Fsp3) is 0.455. The van der Waals surface area contributed by atoms with E-state index in [4.69, 9.17) is 11.6 Å². The quantitative estimate of drug-likeness (QED) is 0.706. The number of aromatic nitrogens is 2. The summed E-state index contributed by atoms with van der Waals surface area (Å²) in [4.78, 5) is 8.20. The molecule has 0 aliphatic heterocycles. The largest absolute Gasteiger partial charge is 0.252 e. The van der Waals surface area contributed by atoms with Gasteiger partial charge in [-0.2, -0.15) is 0 Å². The van der Waals surface area contributed by atoms with Gasteiger partial charge in [-0.25, -0.2) is 4.98 Å². The van der Waals surface area contributed by atoms with Gasteiger partial charge in [-0.3, -0.25) is 4.98 Å². The summed E-state index contributed by atoms with van der Waals surface area (Å²) in [5, 5.41) is 0.505. The van der Waals surface area contributed by atoms with Crippen molar-refractivity contribution in [3.05, 3.63) is 28.8 Å². The fourth-order valence-corrected chi connectivity index (χ4v) is 1.93. The zero-order chi connectivity index (χ0) is 9.80. The molecule has 1 aromatic heterocycles. The number of allylic oxidation sites excluding steroid dienone is 1. The van der Waals surface area contributed by atoms with E-state index in [1.165, 1.54) is 37.7 Å². The number of hydrogen-bond donors (Lipinski definition) is 0. The maximum absolute atomic E-state index is 5.93. The van der Waals surface area contributed by atoms with Gasteiger partial charge in [0.15, 0.2) is 5.15 Å². The second kappa shape index (κ2) is 4.56. The van der Waals surface area contributed by atoms with Gasteiger partial charge in [0, 0.05) is 12.4 Å². The Bertz CT molecular complexity index is 339. The Balaban J connectivity index is 2.19. The third kappa shape index (κ3) is 2.32. The molecule has 1 heterocycles. The molecule has 0 radical (unpaired) electrons. The summed E-state index contributed by atoms with van der Waals surface area (Å²) < 4.78 is 0. The highest BCUT2D eigenvalue weighted by atomic mass is 35.5. The van der Waals surface area contributed by atoms with Gasteiger partial charge in [0.2, 0.25) is 0 Å². The van der Waals surface area contributed by atoms with Crippen molar-refractivity contribution in [3.63, 3.8) is 0 Å². The first-order chi connectivity index (χ1) is 6.86. The second-order valence-electron chi connectivity index (χ2n) is 3.60. The molecule has 1 aliphatic rings. The van der Waals surface area contributed by atoms with Crippen molar-refractivity contribution in [1.29, 1.82) is 0 Å². The Morgan fingerprint density at radius 2 is 1.79 bits per heavy atom. The van der Waals surface area contributed by atoms with Crippen molar-refractivity contribution in [2.24, 2.45) is 0 Å². The van der Waals surface area contributed by atoms with Crippen molar-refractivity contribution in [2.45, 2.75) is 32.1 Å². The van der Waals surface area contributed by atoms with Gasteiger partial charge in [-0.15, -0.1) is 0 Å². The third-order valence-corrected chi connectivity index (χ3v) is 2.81. The lowest BCUT2D eigenvalue weighted by Gasteiger charge is -2.13. The molecule has 2 rings (SSSR count). The summed E-state index contributed by atoms with van der Waals surface area (Å²) >= 11 is 5.93. The monoisotopic (exact) mass is 208 g/mol. The minimum absolute atomic E-state index is 0.505. The standard InChI is InChI=1S/C11H13ClN2/c12-11-10(13-6-7-14-11)8-9-4-2-1-3-5-9/h6-8H,1-5H2. The van der Waals surface area contributed by atoms with Gasteiger partial charge in [0.25, 0.3) is 0 Å². The molecular formula is C11H13ClN2. The normalized spacial score (nSPS) is 16.8. The lowest BCUT2D eigenvalue weighted by molar-refractivity contribution is 0.602. The first kappa shape index (κ1) is 9.66. The van der Waals surface area contributed by atoms with Crippen LogP contribution in [0.15, 0.2) is 18.0 Å². The Morgan fingerprint density at radius 1 is 1.07 bits per heavy atom. The molecular weight excluding hydrogens is 196 g/mol. The molecule has 0 spiro atoms. The van der Waals surface area contributed by atoms with Gasteiger partial charge < -0.3 is 0 Å². The SMILES string of the molecule is Clc1nccnc1C=C1CCCCC1. The lowest BCUT2D eigenvalue weighted by Crippen LogP contribution is -1.94. The average molecular weight is 209 g/mol. The molecule has 0 saturated heterocycles. The van der Waals surface area contributed by atoms with Gasteiger partial charge in [0.1, 0.15) is 5.69 Å². The van der Waals surface area contributed by atoms with E-state index < -0.39 is 0 Å². The molecule has 0 aromatic carbocycles. The van der Waals surface area contributed by atoms with Crippen LogP contribution >= 0.6 is 11.6 Å². The zero-order valence-electron chi connectivity index (χ0n) is 8.04.